The molecule has 0 unspecified atom stereocenters. The van der Waals surface area contributed by atoms with Crippen LogP contribution in [0, 0.1) is 5.82 Å². The number of benzene rings is 1. The number of aromatic nitrogens is 3. The lowest BCUT2D eigenvalue weighted by Crippen LogP contribution is -1.93. The van der Waals surface area contributed by atoms with Crippen LogP contribution >= 0.6 is 11.8 Å². The Balaban J connectivity index is 1.82. The van der Waals surface area contributed by atoms with E-state index in [1.807, 2.05) is 24.5 Å². The maximum atomic E-state index is 14.4. The molecule has 0 atom stereocenters. The number of hydrogen-bond acceptors (Lipinski definition) is 3. The second kappa shape index (κ2) is 5.39. The van der Waals surface area contributed by atoms with Gasteiger partial charge in [0.1, 0.15) is 11.6 Å². The fourth-order valence-electron chi connectivity index (χ4n) is 3.07. The van der Waals surface area contributed by atoms with E-state index < -0.39 is 0 Å². The molecule has 1 aromatic carbocycles. The van der Waals surface area contributed by atoms with Gasteiger partial charge >= 0.3 is 0 Å². The summed E-state index contributed by atoms with van der Waals surface area (Å²) in [4.78, 5) is 8.95. The van der Waals surface area contributed by atoms with Crippen molar-refractivity contribution in [2.45, 2.75) is 25.1 Å². The number of nitrogens with zero attached hydrogens (tertiary/aromatic N) is 3. The summed E-state index contributed by atoms with van der Waals surface area (Å²) in [5.74, 6) is 1.71. The van der Waals surface area contributed by atoms with Crippen molar-refractivity contribution >= 4 is 22.8 Å². The number of fused-ring (bicyclic) bond motifs is 3. The number of pyridine rings is 1. The zero-order chi connectivity index (χ0) is 15.1. The predicted molar refractivity (Wildman–Crippen MR) is 88.5 cm³/mol. The molecule has 1 aliphatic heterocycles. The lowest BCUT2D eigenvalue weighted by molar-refractivity contribution is 0.632. The summed E-state index contributed by atoms with van der Waals surface area (Å²) in [5, 5.41) is 0. The highest BCUT2D eigenvalue weighted by atomic mass is 32.2. The number of hydrogen-bond donors (Lipinski definition) is 0. The van der Waals surface area contributed by atoms with Crippen molar-refractivity contribution in [3.8, 4) is 11.1 Å². The minimum Gasteiger partial charge on any atom is -0.328 e. The number of thioether (sulfide) groups is 1. The van der Waals surface area contributed by atoms with E-state index >= 15 is 0 Å². The van der Waals surface area contributed by atoms with E-state index in [2.05, 4.69) is 14.5 Å². The SMILES string of the molecule is CSCc1ccc(-c2cc3c(cc2F)nc2n3CCC2)cn1. The van der Waals surface area contributed by atoms with Crippen LogP contribution in [0.3, 0.4) is 0 Å². The van der Waals surface area contributed by atoms with Gasteiger partial charge in [-0.2, -0.15) is 11.8 Å². The van der Waals surface area contributed by atoms with E-state index in [0.29, 0.717) is 5.56 Å². The van der Waals surface area contributed by atoms with Crippen molar-refractivity contribution in [1.29, 1.82) is 0 Å². The maximum Gasteiger partial charge on any atom is 0.133 e. The molecule has 3 aromatic rings. The van der Waals surface area contributed by atoms with E-state index in [1.165, 1.54) is 0 Å². The highest BCUT2D eigenvalue weighted by Gasteiger charge is 2.18. The fourth-order valence-corrected chi connectivity index (χ4v) is 3.54. The van der Waals surface area contributed by atoms with Gasteiger partial charge in [-0.25, -0.2) is 9.37 Å². The van der Waals surface area contributed by atoms with Gasteiger partial charge in [0.05, 0.1) is 16.7 Å². The third-order valence-corrected chi connectivity index (χ3v) is 4.71. The van der Waals surface area contributed by atoms with Crippen molar-refractivity contribution in [2.75, 3.05) is 6.26 Å². The van der Waals surface area contributed by atoms with Gasteiger partial charge in [-0.3, -0.25) is 4.98 Å². The van der Waals surface area contributed by atoms with Crippen LogP contribution in [0.5, 0.6) is 0 Å². The number of aryl methyl sites for hydroxylation is 2. The van der Waals surface area contributed by atoms with Gasteiger partial charge in [0.15, 0.2) is 0 Å². The van der Waals surface area contributed by atoms with Crippen LogP contribution in [-0.2, 0) is 18.7 Å². The monoisotopic (exact) mass is 313 g/mol. The highest BCUT2D eigenvalue weighted by Crippen LogP contribution is 2.30. The zero-order valence-electron chi connectivity index (χ0n) is 12.3. The summed E-state index contributed by atoms with van der Waals surface area (Å²) in [6, 6.07) is 7.38. The Hall–Kier alpha value is -1.88. The average Bonchev–Trinajstić information content (AvgIpc) is 3.08. The first-order chi connectivity index (χ1) is 10.8. The topological polar surface area (TPSA) is 30.7 Å². The van der Waals surface area contributed by atoms with E-state index in [4.69, 9.17) is 0 Å². The van der Waals surface area contributed by atoms with Gasteiger partial charge in [-0.05, 0) is 24.8 Å². The lowest BCUT2D eigenvalue weighted by atomic mass is 10.1. The molecule has 0 fully saturated rings. The molecule has 1 aliphatic rings. The lowest BCUT2D eigenvalue weighted by Gasteiger charge is -2.06. The smallest absolute Gasteiger partial charge is 0.133 e. The first-order valence-corrected chi connectivity index (χ1v) is 8.78. The fraction of sp³-hybridized carbons (Fsp3) is 0.294. The largest absolute Gasteiger partial charge is 0.328 e. The van der Waals surface area contributed by atoms with Crippen molar-refractivity contribution < 1.29 is 4.39 Å². The molecule has 5 heteroatoms. The van der Waals surface area contributed by atoms with Gasteiger partial charge in [-0.1, -0.05) is 6.07 Å². The maximum absolute atomic E-state index is 14.4. The first-order valence-electron chi connectivity index (χ1n) is 7.39. The molecular weight excluding hydrogens is 297 g/mol. The predicted octanol–water partition coefficient (Wildman–Crippen LogP) is 4.05. The molecular formula is C17H16FN3S. The molecule has 0 N–H and O–H groups in total. The van der Waals surface area contributed by atoms with Crippen LogP contribution < -0.4 is 0 Å². The average molecular weight is 313 g/mol. The minimum absolute atomic E-state index is 0.233. The molecule has 112 valence electrons. The molecule has 22 heavy (non-hydrogen) atoms. The molecule has 0 aliphatic carbocycles. The molecule has 4 rings (SSSR count). The summed E-state index contributed by atoms with van der Waals surface area (Å²) in [7, 11) is 0. The molecule has 0 spiro atoms. The quantitative estimate of drug-likeness (QED) is 0.731. The molecule has 0 saturated carbocycles. The number of imidazole rings is 1. The highest BCUT2D eigenvalue weighted by molar-refractivity contribution is 7.97. The second-order valence-corrected chi connectivity index (χ2v) is 6.44. The normalized spacial score (nSPS) is 13.7. The van der Waals surface area contributed by atoms with Crippen LogP contribution in [0.15, 0.2) is 30.5 Å². The zero-order valence-corrected chi connectivity index (χ0v) is 13.2. The van der Waals surface area contributed by atoms with E-state index in [9.17, 15) is 4.39 Å². The Morgan fingerprint density at radius 3 is 3.00 bits per heavy atom. The summed E-state index contributed by atoms with van der Waals surface area (Å²) in [5.41, 5.74) is 4.21. The number of rotatable bonds is 3. The summed E-state index contributed by atoms with van der Waals surface area (Å²) < 4.78 is 16.6. The van der Waals surface area contributed by atoms with Crippen molar-refractivity contribution in [1.82, 2.24) is 14.5 Å². The third kappa shape index (κ3) is 2.20. The minimum atomic E-state index is -0.233. The van der Waals surface area contributed by atoms with Crippen LogP contribution in [0.2, 0.25) is 0 Å². The standard InChI is InChI=1S/C17H16FN3S/c1-22-10-12-5-4-11(9-19-12)13-7-16-15(8-14(13)18)20-17-3-2-6-21(16)17/h4-5,7-9H,2-3,6,10H2,1H3. The Kier molecular flexibility index (Phi) is 3.37. The van der Waals surface area contributed by atoms with Crippen molar-refractivity contribution in [3.05, 3.63) is 47.8 Å². The van der Waals surface area contributed by atoms with Crippen LogP contribution in [-0.4, -0.2) is 20.8 Å². The second-order valence-electron chi connectivity index (χ2n) is 5.58. The molecule has 0 radical (unpaired) electrons. The summed E-state index contributed by atoms with van der Waals surface area (Å²) in [6.07, 6.45) is 5.91. The van der Waals surface area contributed by atoms with Crippen molar-refractivity contribution in [3.63, 3.8) is 0 Å². The first kappa shape index (κ1) is 13.8. The van der Waals surface area contributed by atoms with Crippen molar-refractivity contribution in [2.24, 2.45) is 0 Å². The van der Waals surface area contributed by atoms with E-state index in [-0.39, 0.29) is 5.82 Å². The summed E-state index contributed by atoms with van der Waals surface area (Å²) in [6.45, 7) is 0.974. The summed E-state index contributed by atoms with van der Waals surface area (Å²) >= 11 is 1.73. The Morgan fingerprint density at radius 2 is 2.23 bits per heavy atom. The third-order valence-electron chi connectivity index (χ3n) is 4.13. The van der Waals surface area contributed by atoms with Crippen LogP contribution in [0.4, 0.5) is 4.39 Å². The Bertz CT molecular complexity index is 839. The van der Waals surface area contributed by atoms with Gasteiger partial charge in [0.2, 0.25) is 0 Å². The van der Waals surface area contributed by atoms with Gasteiger partial charge in [0, 0.05) is 42.1 Å². The van der Waals surface area contributed by atoms with Gasteiger partial charge < -0.3 is 4.57 Å². The van der Waals surface area contributed by atoms with Gasteiger partial charge in [-0.15, -0.1) is 0 Å². The van der Waals surface area contributed by atoms with Crippen LogP contribution in [0.1, 0.15) is 17.9 Å². The van der Waals surface area contributed by atoms with E-state index in [0.717, 1.165) is 53.3 Å². The number of halogens is 1. The molecule has 0 saturated heterocycles. The van der Waals surface area contributed by atoms with E-state index in [1.54, 1.807) is 24.0 Å². The van der Waals surface area contributed by atoms with Gasteiger partial charge in [0.25, 0.3) is 0 Å². The molecule has 0 amide bonds. The molecule has 3 nitrogen and oxygen atoms in total. The molecule has 2 aromatic heterocycles. The van der Waals surface area contributed by atoms with Crippen LogP contribution in [0.25, 0.3) is 22.2 Å². The molecule has 3 heterocycles. The molecule has 0 bridgehead atoms. The Morgan fingerprint density at radius 1 is 1.32 bits per heavy atom. The Labute approximate surface area is 132 Å².